The van der Waals surface area contributed by atoms with Crippen LogP contribution >= 0.6 is 27.7 Å². The van der Waals surface area contributed by atoms with Gasteiger partial charge in [0.05, 0.1) is 21.5 Å². The Labute approximate surface area is 192 Å². The topological polar surface area (TPSA) is 88.4 Å². The van der Waals surface area contributed by atoms with E-state index in [1.165, 1.54) is 28.8 Å². The van der Waals surface area contributed by atoms with Crippen molar-refractivity contribution in [3.63, 3.8) is 0 Å². The maximum Gasteiger partial charge on any atom is 0.335 e. The molecule has 1 fully saturated rings. The number of aliphatic imine (C=N–C) groups is 1. The third kappa shape index (κ3) is 5.29. The van der Waals surface area contributed by atoms with Crippen LogP contribution in [0.2, 0.25) is 0 Å². The van der Waals surface area contributed by atoms with Crippen molar-refractivity contribution in [1.82, 2.24) is 4.90 Å². The summed E-state index contributed by atoms with van der Waals surface area (Å²) in [6, 6.07) is 10.2. The summed E-state index contributed by atoms with van der Waals surface area (Å²) in [5.74, 6) is -0.00509. The standard InChI is InChI=1S/C22H21BrN2O5S/c1-4-29-17-10-14(11-18-20(26)25(3)22(24-2)31-18)9-16(23)19(17)30-12-13-5-7-15(8-6-13)21(27)28/h5-11H,4,12H2,1-3H3,(H,27,28)/b18-11-,24-22?. The summed E-state index contributed by atoms with van der Waals surface area (Å²) in [4.78, 5) is 29.6. The van der Waals surface area contributed by atoms with Gasteiger partial charge >= 0.3 is 5.97 Å². The molecule has 0 unspecified atom stereocenters. The minimum absolute atomic E-state index is 0.107. The number of aromatic carboxylic acids is 1. The molecule has 1 aliphatic heterocycles. The van der Waals surface area contributed by atoms with Gasteiger partial charge in [0, 0.05) is 14.1 Å². The summed E-state index contributed by atoms with van der Waals surface area (Å²) in [5, 5.41) is 9.66. The van der Waals surface area contributed by atoms with Crippen molar-refractivity contribution in [1.29, 1.82) is 0 Å². The van der Waals surface area contributed by atoms with Crippen molar-refractivity contribution in [2.24, 2.45) is 4.99 Å². The van der Waals surface area contributed by atoms with Crippen LogP contribution in [0.4, 0.5) is 0 Å². The van der Waals surface area contributed by atoms with Crippen molar-refractivity contribution in [3.8, 4) is 11.5 Å². The van der Waals surface area contributed by atoms with E-state index in [2.05, 4.69) is 20.9 Å². The Hall–Kier alpha value is -2.78. The van der Waals surface area contributed by atoms with Crippen LogP contribution in [0.5, 0.6) is 11.5 Å². The summed E-state index contributed by atoms with van der Waals surface area (Å²) in [6.45, 7) is 2.57. The fourth-order valence-electron chi connectivity index (χ4n) is 2.87. The van der Waals surface area contributed by atoms with Crippen LogP contribution in [-0.4, -0.2) is 47.8 Å². The normalized spacial score (nSPS) is 16.3. The zero-order valence-corrected chi connectivity index (χ0v) is 19.6. The third-order valence-electron chi connectivity index (χ3n) is 4.41. The van der Waals surface area contributed by atoms with Gasteiger partial charge in [-0.1, -0.05) is 12.1 Å². The first-order valence-electron chi connectivity index (χ1n) is 9.39. The van der Waals surface area contributed by atoms with E-state index >= 15 is 0 Å². The molecule has 31 heavy (non-hydrogen) atoms. The third-order valence-corrected chi connectivity index (χ3v) is 6.15. The van der Waals surface area contributed by atoms with Crippen LogP contribution in [0.3, 0.4) is 0 Å². The monoisotopic (exact) mass is 504 g/mol. The number of carboxylic acid groups (broad SMARTS) is 1. The molecule has 7 nitrogen and oxygen atoms in total. The first-order valence-corrected chi connectivity index (χ1v) is 11.0. The van der Waals surface area contributed by atoms with Crippen molar-refractivity contribution in [3.05, 3.63) is 62.5 Å². The molecule has 1 saturated heterocycles. The van der Waals surface area contributed by atoms with Gasteiger partial charge in [0.2, 0.25) is 0 Å². The lowest BCUT2D eigenvalue weighted by Crippen LogP contribution is -2.23. The number of rotatable bonds is 7. The van der Waals surface area contributed by atoms with Crippen molar-refractivity contribution >= 4 is 50.8 Å². The van der Waals surface area contributed by atoms with Gasteiger partial charge < -0.3 is 14.6 Å². The van der Waals surface area contributed by atoms with Crippen LogP contribution in [0.1, 0.15) is 28.4 Å². The molecule has 1 amide bonds. The molecule has 0 radical (unpaired) electrons. The number of ether oxygens (including phenoxy) is 2. The van der Waals surface area contributed by atoms with Gasteiger partial charge in [0.1, 0.15) is 6.61 Å². The van der Waals surface area contributed by atoms with Crippen molar-refractivity contribution < 1.29 is 24.2 Å². The highest BCUT2D eigenvalue weighted by atomic mass is 79.9. The number of benzene rings is 2. The highest BCUT2D eigenvalue weighted by Gasteiger charge is 2.29. The fourth-order valence-corrected chi connectivity index (χ4v) is 4.38. The SMILES string of the molecule is CCOc1cc(/C=C2\SC(=NC)N(C)C2=O)cc(Br)c1OCc1ccc(C(=O)O)cc1. The highest BCUT2D eigenvalue weighted by Crippen LogP contribution is 2.39. The van der Waals surface area contributed by atoms with Crippen molar-refractivity contribution in [2.45, 2.75) is 13.5 Å². The molecule has 2 aromatic carbocycles. The van der Waals surface area contributed by atoms with Crippen molar-refractivity contribution in [2.75, 3.05) is 20.7 Å². The summed E-state index contributed by atoms with van der Waals surface area (Å²) >= 11 is 4.86. The number of carbonyl (C=O) groups is 2. The fraction of sp³-hybridized carbons (Fsp3) is 0.227. The maximum absolute atomic E-state index is 12.4. The maximum atomic E-state index is 12.4. The molecule has 0 aliphatic carbocycles. The molecule has 162 valence electrons. The van der Waals surface area contributed by atoms with Crippen LogP contribution in [-0.2, 0) is 11.4 Å². The lowest BCUT2D eigenvalue weighted by atomic mass is 10.1. The van der Waals surface area contributed by atoms with Gasteiger partial charge in [-0.05, 0) is 76.1 Å². The minimum atomic E-state index is -0.971. The Morgan fingerprint density at radius 1 is 1.26 bits per heavy atom. The number of carboxylic acids is 1. The molecule has 0 atom stereocenters. The first kappa shape index (κ1) is 22.9. The zero-order chi connectivity index (χ0) is 22.5. The average Bonchev–Trinajstić information content (AvgIpc) is 3.01. The number of carbonyl (C=O) groups excluding carboxylic acids is 1. The van der Waals surface area contributed by atoms with E-state index in [1.54, 1.807) is 32.3 Å². The van der Waals surface area contributed by atoms with Crippen LogP contribution in [0.25, 0.3) is 6.08 Å². The lowest BCUT2D eigenvalue weighted by Gasteiger charge is -2.15. The van der Waals surface area contributed by atoms with E-state index in [9.17, 15) is 9.59 Å². The number of nitrogens with zero attached hydrogens (tertiary/aromatic N) is 2. The Balaban J connectivity index is 1.84. The molecule has 9 heteroatoms. The Bertz CT molecular complexity index is 1070. The highest BCUT2D eigenvalue weighted by molar-refractivity contribution is 9.10. The predicted molar refractivity (Wildman–Crippen MR) is 125 cm³/mol. The lowest BCUT2D eigenvalue weighted by molar-refractivity contribution is -0.121. The van der Waals surface area contributed by atoms with E-state index < -0.39 is 5.97 Å². The smallest absolute Gasteiger partial charge is 0.335 e. The molecule has 0 aromatic heterocycles. The summed E-state index contributed by atoms with van der Waals surface area (Å²) in [7, 11) is 3.35. The van der Waals surface area contributed by atoms with Crippen LogP contribution in [0, 0.1) is 0 Å². The first-order chi connectivity index (χ1) is 14.8. The Morgan fingerprint density at radius 3 is 2.55 bits per heavy atom. The number of likely N-dealkylation sites (N-methyl/N-ethyl adjacent to an activating group) is 1. The second-order valence-electron chi connectivity index (χ2n) is 6.53. The van der Waals surface area contributed by atoms with Crippen LogP contribution < -0.4 is 9.47 Å². The van der Waals surface area contributed by atoms with Gasteiger partial charge in [-0.15, -0.1) is 0 Å². The van der Waals surface area contributed by atoms with Gasteiger partial charge in [-0.2, -0.15) is 0 Å². The Kier molecular flexibility index (Phi) is 7.40. The summed E-state index contributed by atoms with van der Waals surface area (Å²) in [5.41, 5.74) is 1.83. The van der Waals surface area contributed by atoms with Gasteiger partial charge in [0.15, 0.2) is 16.7 Å². The second kappa shape index (κ2) is 10.0. The molecular formula is C22H21BrN2O5S. The van der Waals surface area contributed by atoms with Crippen LogP contribution in [0.15, 0.2) is 50.8 Å². The molecule has 0 spiro atoms. The molecule has 2 aromatic rings. The molecule has 0 saturated carbocycles. The zero-order valence-electron chi connectivity index (χ0n) is 17.2. The number of hydrogen-bond acceptors (Lipinski definition) is 6. The van der Waals surface area contributed by atoms with E-state index in [-0.39, 0.29) is 18.1 Å². The molecule has 1 aliphatic rings. The van der Waals surface area contributed by atoms with E-state index in [0.717, 1.165) is 11.1 Å². The predicted octanol–water partition coefficient (Wildman–Crippen LogP) is 4.66. The van der Waals surface area contributed by atoms with Gasteiger partial charge in [-0.25, -0.2) is 4.79 Å². The Morgan fingerprint density at radius 2 is 1.97 bits per heavy atom. The number of hydrogen-bond donors (Lipinski definition) is 1. The number of amides is 1. The van der Waals surface area contributed by atoms with E-state index in [1.807, 2.05) is 19.1 Å². The summed E-state index contributed by atoms with van der Waals surface area (Å²) < 4.78 is 12.4. The quantitative estimate of drug-likeness (QED) is 0.551. The number of halogens is 1. The molecule has 0 bridgehead atoms. The largest absolute Gasteiger partial charge is 0.490 e. The second-order valence-corrected chi connectivity index (χ2v) is 8.40. The molecule has 3 rings (SSSR count). The number of thioether (sulfide) groups is 1. The van der Waals surface area contributed by atoms with E-state index in [0.29, 0.717) is 32.7 Å². The molecule has 1 N–H and O–H groups in total. The minimum Gasteiger partial charge on any atom is -0.490 e. The number of amidine groups is 1. The molecular weight excluding hydrogens is 484 g/mol. The summed E-state index contributed by atoms with van der Waals surface area (Å²) in [6.07, 6.45) is 1.80. The molecule has 1 heterocycles. The van der Waals surface area contributed by atoms with Gasteiger partial charge in [-0.3, -0.25) is 14.7 Å². The average molecular weight is 505 g/mol. The van der Waals surface area contributed by atoms with Gasteiger partial charge in [0.25, 0.3) is 5.91 Å². The van der Waals surface area contributed by atoms with E-state index in [4.69, 9.17) is 14.6 Å².